The molecule has 0 aliphatic rings. The van der Waals surface area contributed by atoms with Crippen LogP contribution in [-0.2, 0) is 0 Å². The Balaban J connectivity index is 2.22. The molecule has 0 aliphatic heterocycles. The Hall–Kier alpha value is -2.52. The number of fused-ring (bicyclic) bond motifs is 1. The van der Waals surface area contributed by atoms with E-state index in [-0.39, 0.29) is 17.1 Å². The molecule has 0 bridgehead atoms. The van der Waals surface area contributed by atoms with E-state index in [9.17, 15) is 9.90 Å². The first-order chi connectivity index (χ1) is 10.6. The summed E-state index contributed by atoms with van der Waals surface area (Å²) >= 11 is 5.85. The molecule has 3 nitrogen and oxygen atoms in total. The number of carbonyl (C=O) groups excluding carboxylic acids is 1. The lowest BCUT2D eigenvalue weighted by molar-refractivity contribution is 0.103. The molecular weight excluding hydrogens is 300 g/mol. The fourth-order valence-corrected chi connectivity index (χ4v) is 2.52. The monoisotopic (exact) mass is 312 g/mol. The Morgan fingerprint density at radius 1 is 1.05 bits per heavy atom. The highest BCUT2D eigenvalue weighted by Crippen LogP contribution is 2.32. The summed E-state index contributed by atoms with van der Waals surface area (Å²) in [5.41, 5.74) is 0.730. The number of phenols is 1. The molecule has 0 heterocycles. The van der Waals surface area contributed by atoms with E-state index in [2.05, 4.69) is 0 Å². The quantitative estimate of drug-likeness (QED) is 0.727. The predicted octanol–water partition coefficient (Wildman–Crippen LogP) is 4.44. The summed E-state index contributed by atoms with van der Waals surface area (Å²) in [6, 6.07) is 15.3. The number of hydrogen-bond acceptors (Lipinski definition) is 3. The molecule has 0 atom stereocenters. The van der Waals surface area contributed by atoms with Gasteiger partial charge in [-0.15, -0.1) is 0 Å². The van der Waals surface area contributed by atoms with Crippen LogP contribution in [0.2, 0.25) is 5.02 Å². The van der Waals surface area contributed by atoms with Crippen molar-refractivity contribution >= 4 is 28.2 Å². The van der Waals surface area contributed by atoms with Gasteiger partial charge in [-0.3, -0.25) is 4.79 Å². The summed E-state index contributed by atoms with van der Waals surface area (Å²) in [7, 11) is 1.56. The van der Waals surface area contributed by atoms with Crippen molar-refractivity contribution in [3.8, 4) is 11.5 Å². The van der Waals surface area contributed by atoms with Gasteiger partial charge in [0, 0.05) is 16.0 Å². The second kappa shape index (κ2) is 5.70. The van der Waals surface area contributed by atoms with Crippen LogP contribution in [0.15, 0.2) is 54.6 Å². The Morgan fingerprint density at radius 2 is 1.73 bits per heavy atom. The molecule has 3 aromatic carbocycles. The number of carbonyl (C=O) groups is 1. The number of methoxy groups -OCH3 is 1. The predicted molar refractivity (Wildman–Crippen MR) is 87.0 cm³/mol. The summed E-state index contributed by atoms with van der Waals surface area (Å²) in [6.07, 6.45) is 0. The van der Waals surface area contributed by atoms with Crippen LogP contribution in [0.25, 0.3) is 10.8 Å². The average molecular weight is 313 g/mol. The van der Waals surface area contributed by atoms with E-state index in [1.165, 1.54) is 6.07 Å². The maximum absolute atomic E-state index is 12.7. The van der Waals surface area contributed by atoms with Crippen LogP contribution < -0.4 is 4.74 Å². The molecule has 4 heteroatoms. The van der Waals surface area contributed by atoms with Crippen LogP contribution in [0, 0.1) is 0 Å². The van der Waals surface area contributed by atoms with Crippen molar-refractivity contribution < 1.29 is 14.6 Å². The van der Waals surface area contributed by atoms with Crippen molar-refractivity contribution in [2.45, 2.75) is 0 Å². The molecule has 3 aromatic rings. The normalized spacial score (nSPS) is 10.6. The molecule has 0 amide bonds. The fraction of sp³-hybridized carbons (Fsp3) is 0.0556. The average Bonchev–Trinajstić information content (AvgIpc) is 2.54. The van der Waals surface area contributed by atoms with E-state index < -0.39 is 0 Å². The van der Waals surface area contributed by atoms with E-state index in [0.29, 0.717) is 21.7 Å². The molecule has 0 radical (unpaired) electrons. The van der Waals surface area contributed by atoms with Gasteiger partial charge in [0.15, 0.2) is 5.78 Å². The number of halogens is 1. The summed E-state index contributed by atoms with van der Waals surface area (Å²) < 4.78 is 5.21. The Labute approximate surface area is 132 Å². The third kappa shape index (κ3) is 2.51. The van der Waals surface area contributed by atoms with Crippen molar-refractivity contribution in [2.24, 2.45) is 0 Å². The largest absolute Gasteiger partial charge is 0.507 e. The van der Waals surface area contributed by atoms with Crippen molar-refractivity contribution in [3.05, 3.63) is 70.7 Å². The zero-order valence-electron chi connectivity index (χ0n) is 11.8. The van der Waals surface area contributed by atoms with Crippen LogP contribution in [0.1, 0.15) is 15.9 Å². The topological polar surface area (TPSA) is 46.5 Å². The molecule has 0 saturated heterocycles. The number of ketones is 1. The third-order valence-electron chi connectivity index (χ3n) is 3.54. The first-order valence-electron chi connectivity index (χ1n) is 6.70. The van der Waals surface area contributed by atoms with Crippen LogP contribution in [0.5, 0.6) is 11.5 Å². The van der Waals surface area contributed by atoms with E-state index in [4.69, 9.17) is 16.3 Å². The first kappa shape index (κ1) is 14.4. The minimum atomic E-state index is -0.256. The van der Waals surface area contributed by atoms with Gasteiger partial charge in [0.1, 0.15) is 11.5 Å². The van der Waals surface area contributed by atoms with Crippen LogP contribution in [0.4, 0.5) is 0 Å². The summed E-state index contributed by atoms with van der Waals surface area (Å²) in [6.45, 7) is 0. The van der Waals surface area contributed by atoms with Crippen LogP contribution in [-0.4, -0.2) is 18.0 Å². The van der Waals surface area contributed by atoms with Crippen LogP contribution >= 0.6 is 11.6 Å². The molecule has 0 unspecified atom stereocenters. The van der Waals surface area contributed by atoms with Gasteiger partial charge in [0.25, 0.3) is 0 Å². The number of rotatable bonds is 3. The van der Waals surface area contributed by atoms with E-state index >= 15 is 0 Å². The minimum Gasteiger partial charge on any atom is -0.507 e. The van der Waals surface area contributed by atoms with Crippen LogP contribution in [0.3, 0.4) is 0 Å². The molecule has 0 fully saturated rings. The molecule has 3 rings (SSSR count). The SMILES string of the molecule is COc1ccc2ccc(O)c(C(=O)c3ccc(Cl)cc3)c2c1. The highest BCUT2D eigenvalue weighted by molar-refractivity contribution is 6.30. The molecular formula is C18H13ClO3. The van der Waals surface area contributed by atoms with Gasteiger partial charge < -0.3 is 9.84 Å². The zero-order chi connectivity index (χ0) is 15.7. The smallest absolute Gasteiger partial charge is 0.197 e. The maximum atomic E-state index is 12.7. The van der Waals surface area contributed by atoms with E-state index in [1.807, 2.05) is 12.1 Å². The highest BCUT2D eigenvalue weighted by atomic mass is 35.5. The molecule has 0 saturated carbocycles. The summed E-state index contributed by atoms with van der Waals surface area (Å²) in [5, 5.41) is 12.2. The molecule has 22 heavy (non-hydrogen) atoms. The van der Waals surface area contributed by atoms with Gasteiger partial charge in [-0.2, -0.15) is 0 Å². The standard InChI is InChI=1S/C18H13ClO3/c1-22-14-8-4-11-5-9-16(20)17(15(11)10-14)18(21)12-2-6-13(19)7-3-12/h2-10,20H,1H3. The Morgan fingerprint density at radius 3 is 2.41 bits per heavy atom. The Bertz CT molecular complexity index is 854. The second-order valence-electron chi connectivity index (χ2n) is 4.88. The van der Waals surface area contributed by atoms with Gasteiger partial charge in [-0.05, 0) is 47.9 Å². The van der Waals surface area contributed by atoms with Crippen molar-refractivity contribution in [2.75, 3.05) is 7.11 Å². The zero-order valence-corrected chi connectivity index (χ0v) is 12.6. The number of ether oxygens (including phenoxy) is 1. The van der Waals surface area contributed by atoms with Gasteiger partial charge in [0.05, 0.1) is 12.7 Å². The van der Waals surface area contributed by atoms with Gasteiger partial charge in [0.2, 0.25) is 0 Å². The third-order valence-corrected chi connectivity index (χ3v) is 3.79. The van der Waals surface area contributed by atoms with Gasteiger partial charge >= 0.3 is 0 Å². The Kier molecular flexibility index (Phi) is 3.73. The number of aromatic hydroxyl groups is 1. The second-order valence-corrected chi connectivity index (χ2v) is 5.32. The lowest BCUT2D eigenvalue weighted by Crippen LogP contribution is -2.03. The van der Waals surface area contributed by atoms with Crippen molar-refractivity contribution in [3.63, 3.8) is 0 Å². The fourth-order valence-electron chi connectivity index (χ4n) is 2.40. The van der Waals surface area contributed by atoms with E-state index in [1.54, 1.807) is 43.5 Å². The lowest BCUT2D eigenvalue weighted by Gasteiger charge is -2.10. The highest BCUT2D eigenvalue weighted by Gasteiger charge is 2.17. The lowest BCUT2D eigenvalue weighted by atomic mass is 9.96. The first-order valence-corrected chi connectivity index (χ1v) is 7.08. The van der Waals surface area contributed by atoms with Crippen molar-refractivity contribution in [1.82, 2.24) is 0 Å². The molecule has 0 aliphatic carbocycles. The number of phenolic OH excluding ortho intramolecular Hbond substituents is 1. The maximum Gasteiger partial charge on any atom is 0.197 e. The summed E-state index contributed by atoms with van der Waals surface area (Å²) in [5.74, 6) is 0.317. The minimum absolute atomic E-state index is 0.0549. The van der Waals surface area contributed by atoms with E-state index in [0.717, 1.165) is 5.39 Å². The summed E-state index contributed by atoms with van der Waals surface area (Å²) in [4.78, 5) is 12.7. The molecule has 0 aromatic heterocycles. The molecule has 110 valence electrons. The molecule has 1 N–H and O–H groups in total. The van der Waals surface area contributed by atoms with Crippen molar-refractivity contribution in [1.29, 1.82) is 0 Å². The number of benzene rings is 3. The molecule has 0 spiro atoms. The van der Waals surface area contributed by atoms with Gasteiger partial charge in [-0.25, -0.2) is 0 Å². The number of hydrogen-bond donors (Lipinski definition) is 1. The van der Waals surface area contributed by atoms with Gasteiger partial charge in [-0.1, -0.05) is 23.7 Å².